The van der Waals surface area contributed by atoms with Gasteiger partial charge in [0.2, 0.25) is 5.95 Å². The van der Waals surface area contributed by atoms with Crippen LogP contribution in [0.4, 0.5) is 11.6 Å². The maximum Gasteiger partial charge on any atom is 0.247 e. The lowest BCUT2D eigenvalue weighted by molar-refractivity contribution is 0.483. The van der Waals surface area contributed by atoms with Crippen LogP contribution in [0.25, 0.3) is 22.5 Å². The molecule has 0 saturated carbocycles. The van der Waals surface area contributed by atoms with Gasteiger partial charge in [0.15, 0.2) is 5.75 Å². The summed E-state index contributed by atoms with van der Waals surface area (Å²) < 4.78 is 5.98. The van der Waals surface area contributed by atoms with E-state index in [-0.39, 0.29) is 0 Å². The second-order valence-corrected chi connectivity index (χ2v) is 7.10. The fourth-order valence-corrected chi connectivity index (χ4v) is 3.37. The summed E-state index contributed by atoms with van der Waals surface area (Å²) in [6.45, 7) is 0. The van der Waals surface area contributed by atoms with E-state index in [1.54, 1.807) is 0 Å². The van der Waals surface area contributed by atoms with Crippen molar-refractivity contribution in [3.05, 3.63) is 115 Å². The third kappa shape index (κ3) is 4.32. The van der Waals surface area contributed by atoms with E-state index in [1.165, 1.54) is 0 Å². The molecule has 0 aliphatic carbocycles. The molecule has 0 spiro atoms. The smallest absolute Gasteiger partial charge is 0.247 e. The topological polar surface area (TPSA) is 62.6 Å². The van der Waals surface area contributed by atoms with E-state index in [0.717, 1.165) is 28.3 Å². The number of azo groups is 1. The maximum absolute atomic E-state index is 5.98. The highest BCUT2D eigenvalue weighted by atomic mass is 16.5. The number of H-pyrrole nitrogens is 1. The normalized spacial score (nSPS) is 11.0. The van der Waals surface area contributed by atoms with E-state index in [1.807, 2.05) is 115 Å². The number of hydrogen-bond donors (Lipinski definition) is 1. The molecule has 0 atom stereocenters. The highest BCUT2D eigenvalue weighted by Gasteiger charge is 2.14. The van der Waals surface area contributed by atoms with Gasteiger partial charge in [-0.1, -0.05) is 91.0 Å². The van der Waals surface area contributed by atoms with Crippen LogP contribution in [0.5, 0.6) is 11.5 Å². The zero-order valence-electron chi connectivity index (χ0n) is 17.2. The van der Waals surface area contributed by atoms with E-state index in [9.17, 15) is 0 Å². The SMILES string of the molecule is c1ccc(Oc2ccccc2N=Nc2nc(-c3ccccc3)c(-c3ccccc3)[nH]2)cc1. The lowest BCUT2D eigenvalue weighted by Crippen LogP contribution is -1.83. The van der Waals surface area contributed by atoms with Gasteiger partial charge in [0, 0.05) is 11.1 Å². The van der Waals surface area contributed by atoms with Gasteiger partial charge in [-0.25, -0.2) is 4.98 Å². The summed E-state index contributed by atoms with van der Waals surface area (Å²) in [4.78, 5) is 8.05. The van der Waals surface area contributed by atoms with E-state index in [0.29, 0.717) is 17.4 Å². The molecule has 1 aromatic heterocycles. The van der Waals surface area contributed by atoms with Crippen molar-refractivity contribution < 1.29 is 4.74 Å². The molecule has 5 heteroatoms. The summed E-state index contributed by atoms with van der Waals surface area (Å²) in [5.74, 6) is 1.80. The van der Waals surface area contributed by atoms with E-state index in [2.05, 4.69) is 15.2 Å². The van der Waals surface area contributed by atoms with E-state index < -0.39 is 0 Å². The predicted octanol–water partition coefficient (Wildman–Crippen LogP) is 7.95. The predicted molar refractivity (Wildman–Crippen MR) is 127 cm³/mol. The lowest BCUT2D eigenvalue weighted by Gasteiger charge is -2.06. The van der Waals surface area contributed by atoms with Gasteiger partial charge in [-0.15, -0.1) is 10.2 Å². The number of benzene rings is 4. The van der Waals surface area contributed by atoms with Gasteiger partial charge >= 0.3 is 0 Å². The zero-order chi connectivity index (χ0) is 21.6. The van der Waals surface area contributed by atoms with Crippen LogP contribution in [0, 0.1) is 0 Å². The van der Waals surface area contributed by atoms with Gasteiger partial charge in [-0.2, -0.15) is 0 Å². The van der Waals surface area contributed by atoms with Gasteiger partial charge in [-0.05, 0) is 24.3 Å². The summed E-state index contributed by atoms with van der Waals surface area (Å²) in [7, 11) is 0. The molecule has 0 aliphatic heterocycles. The van der Waals surface area contributed by atoms with Crippen LogP contribution in [-0.2, 0) is 0 Å². The average Bonchev–Trinajstić information content (AvgIpc) is 3.30. The van der Waals surface area contributed by atoms with Gasteiger partial charge in [0.25, 0.3) is 0 Å². The molecule has 0 radical (unpaired) electrons. The standard InChI is InChI=1S/C27H20N4O/c1-4-12-20(13-5-1)25-26(21-14-6-2-7-15-21)29-27(28-25)31-30-23-18-10-11-19-24(23)32-22-16-8-3-9-17-22/h1-19H,(H,28,29). The number of para-hydroxylation sites is 2. The fourth-order valence-electron chi connectivity index (χ4n) is 3.37. The van der Waals surface area contributed by atoms with Gasteiger partial charge < -0.3 is 9.72 Å². The molecule has 5 nitrogen and oxygen atoms in total. The second kappa shape index (κ2) is 9.10. The molecular formula is C27H20N4O. The molecule has 0 amide bonds. The molecule has 4 aromatic carbocycles. The molecule has 0 unspecified atom stereocenters. The number of ether oxygens (including phenoxy) is 1. The van der Waals surface area contributed by atoms with Crippen LogP contribution in [-0.4, -0.2) is 9.97 Å². The first-order valence-corrected chi connectivity index (χ1v) is 10.3. The number of rotatable bonds is 6. The molecule has 154 valence electrons. The largest absolute Gasteiger partial charge is 0.455 e. The molecular weight excluding hydrogens is 396 g/mol. The molecule has 1 N–H and O–H groups in total. The Labute approximate surface area is 186 Å². The van der Waals surface area contributed by atoms with Crippen LogP contribution in [0.3, 0.4) is 0 Å². The number of aromatic nitrogens is 2. The first-order valence-electron chi connectivity index (χ1n) is 10.3. The second-order valence-electron chi connectivity index (χ2n) is 7.10. The fraction of sp³-hybridized carbons (Fsp3) is 0. The minimum Gasteiger partial charge on any atom is -0.455 e. The van der Waals surface area contributed by atoms with E-state index >= 15 is 0 Å². The highest BCUT2D eigenvalue weighted by molar-refractivity contribution is 5.79. The zero-order valence-corrected chi connectivity index (χ0v) is 17.2. The highest BCUT2D eigenvalue weighted by Crippen LogP contribution is 2.35. The minimum absolute atomic E-state index is 0.428. The first-order chi connectivity index (χ1) is 15.9. The average molecular weight is 416 g/mol. The van der Waals surface area contributed by atoms with Crippen LogP contribution >= 0.6 is 0 Å². The van der Waals surface area contributed by atoms with E-state index in [4.69, 9.17) is 9.72 Å². The number of hydrogen-bond acceptors (Lipinski definition) is 4. The van der Waals surface area contributed by atoms with Crippen LogP contribution < -0.4 is 4.74 Å². The Morgan fingerprint density at radius 3 is 1.91 bits per heavy atom. The van der Waals surface area contributed by atoms with Crippen molar-refractivity contribution in [3.8, 4) is 34.0 Å². The van der Waals surface area contributed by atoms with Crippen LogP contribution in [0.2, 0.25) is 0 Å². The number of nitrogens with zero attached hydrogens (tertiary/aromatic N) is 3. The summed E-state index contributed by atoms with van der Waals surface area (Å²) >= 11 is 0. The first kappa shape index (κ1) is 19.5. The summed E-state index contributed by atoms with van der Waals surface area (Å²) in [5, 5.41) is 8.81. The van der Waals surface area contributed by atoms with Crippen molar-refractivity contribution in [1.29, 1.82) is 0 Å². The Bertz CT molecular complexity index is 1270. The van der Waals surface area contributed by atoms with Crippen molar-refractivity contribution in [3.63, 3.8) is 0 Å². The van der Waals surface area contributed by atoms with Crippen molar-refractivity contribution >= 4 is 11.6 Å². The third-order valence-electron chi connectivity index (χ3n) is 4.89. The van der Waals surface area contributed by atoms with Gasteiger partial charge in [0.1, 0.15) is 11.4 Å². The quantitative estimate of drug-likeness (QED) is 0.285. The summed E-state index contributed by atoms with van der Waals surface area (Å²) in [6.07, 6.45) is 0. The lowest BCUT2D eigenvalue weighted by atomic mass is 10.1. The van der Waals surface area contributed by atoms with Crippen molar-refractivity contribution in [2.75, 3.05) is 0 Å². The molecule has 5 aromatic rings. The Balaban J connectivity index is 1.50. The van der Waals surface area contributed by atoms with Gasteiger partial charge in [0.05, 0.1) is 11.4 Å². The Hall–Kier alpha value is -4.51. The number of aromatic amines is 1. The monoisotopic (exact) mass is 416 g/mol. The Kier molecular flexibility index (Phi) is 5.53. The molecule has 5 rings (SSSR count). The third-order valence-corrected chi connectivity index (χ3v) is 4.89. The minimum atomic E-state index is 0.428. The summed E-state index contributed by atoms with van der Waals surface area (Å²) in [6, 6.07) is 37.3. The molecule has 0 aliphatic rings. The van der Waals surface area contributed by atoms with Gasteiger partial charge in [-0.3, -0.25) is 0 Å². The van der Waals surface area contributed by atoms with Crippen LogP contribution in [0.15, 0.2) is 125 Å². The number of nitrogens with one attached hydrogen (secondary N) is 1. The maximum atomic E-state index is 5.98. The summed E-state index contributed by atoms with van der Waals surface area (Å²) in [5.41, 5.74) is 4.40. The molecule has 1 heterocycles. The van der Waals surface area contributed by atoms with Crippen molar-refractivity contribution in [2.45, 2.75) is 0 Å². The van der Waals surface area contributed by atoms with Crippen LogP contribution in [0.1, 0.15) is 0 Å². The Morgan fingerprint density at radius 2 is 1.19 bits per heavy atom. The number of imidazole rings is 1. The van der Waals surface area contributed by atoms with Crippen molar-refractivity contribution in [2.24, 2.45) is 10.2 Å². The molecule has 32 heavy (non-hydrogen) atoms. The molecule has 0 saturated heterocycles. The van der Waals surface area contributed by atoms with Crippen molar-refractivity contribution in [1.82, 2.24) is 9.97 Å². The Morgan fingerprint density at radius 1 is 0.594 bits per heavy atom. The molecule has 0 bridgehead atoms. The molecule has 0 fully saturated rings.